The largest absolute Gasteiger partial charge is 0.479 e. The molecule has 2 N–H and O–H groups in total. The van der Waals surface area contributed by atoms with Gasteiger partial charge < -0.3 is 15.3 Å². The third kappa shape index (κ3) is 4.56. The summed E-state index contributed by atoms with van der Waals surface area (Å²) in [5.74, 6) is -0.0242. The van der Waals surface area contributed by atoms with Crippen LogP contribution in [0.25, 0.3) is 0 Å². The van der Waals surface area contributed by atoms with E-state index >= 15 is 0 Å². The molecule has 0 aliphatic heterocycles. The molecule has 22 heavy (non-hydrogen) atoms. The number of benzene rings is 1. The number of carbonyl (C=O) groups excluding carboxylic acids is 1. The van der Waals surface area contributed by atoms with E-state index in [1.54, 1.807) is 37.4 Å². The molecule has 0 aliphatic carbocycles. The number of nitrogens with zero attached hydrogens (tertiary/aromatic N) is 2. The van der Waals surface area contributed by atoms with Crippen LogP contribution in [-0.2, 0) is 9.63 Å². The highest BCUT2D eigenvalue weighted by atomic mass is 79.9. The van der Waals surface area contributed by atoms with Crippen molar-refractivity contribution < 1.29 is 14.4 Å². The zero-order valence-corrected chi connectivity index (χ0v) is 13.4. The molecule has 0 radical (unpaired) electrons. The van der Waals surface area contributed by atoms with E-state index in [4.69, 9.17) is 15.3 Å². The minimum atomic E-state index is -0.813. The summed E-state index contributed by atoms with van der Waals surface area (Å²) in [7, 11) is 0. The van der Waals surface area contributed by atoms with E-state index in [0.717, 1.165) is 4.47 Å². The Kier molecular flexibility index (Phi) is 5.48. The molecule has 1 aromatic heterocycles. The fraction of sp³-hybridized carbons (Fsp3) is 0.133. The molecule has 2 aromatic rings. The average molecular weight is 364 g/mol. The number of pyridine rings is 1. The molecule has 1 unspecified atom stereocenters. The van der Waals surface area contributed by atoms with Crippen LogP contribution in [0.2, 0.25) is 0 Å². The van der Waals surface area contributed by atoms with Gasteiger partial charge in [-0.1, -0.05) is 21.1 Å². The molecule has 0 fully saturated rings. The standard InChI is InChI=1S/C15H14BrN3O3/c1-10(21-13-6-4-12(16)5-7-13)15(20)22-19-14(17)11-3-2-8-18-9-11/h2-10H,1H3,(H2,17,19). The van der Waals surface area contributed by atoms with E-state index in [9.17, 15) is 4.79 Å². The maximum atomic E-state index is 11.8. The Morgan fingerprint density at radius 1 is 1.32 bits per heavy atom. The maximum absolute atomic E-state index is 11.8. The van der Waals surface area contributed by atoms with E-state index in [1.165, 1.54) is 6.20 Å². The number of amidine groups is 1. The summed E-state index contributed by atoms with van der Waals surface area (Å²) in [4.78, 5) is 20.5. The van der Waals surface area contributed by atoms with Gasteiger partial charge in [0.05, 0.1) is 0 Å². The first-order chi connectivity index (χ1) is 10.6. The lowest BCUT2D eigenvalue weighted by atomic mass is 10.3. The average Bonchev–Trinajstić information content (AvgIpc) is 2.55. The van der Waals surface area contributed by atoms with Crippen LogP contribution in [0.1, 0.15) is 12.5 Å². The van der Waals surface area contributed by atoms with Gasteiger partial charge in [0, 0.05) is 22.4 Å². The van der Waals surface area contributed by atoms with Crippen LogP contribution in [0.15, 0.2) is 58.4 Å². The Balaban J connectivity index is 1.92. The van der Waals surface area contributed by atoms with Crippen molar-refractivity contribution in [1.29, 1.82) is 0 Å². The predicted octanol–water partition coefficient (Wildman–Crippen LogP) is 2.48. The first-order valence-electron chi connectivity index (χ1n) is 6.43. The fourth-order valence-corrected chi connectivity index (χ4v) is 1.77. The van der Waals surface area contributed by atoms with Gasteiger partial charge in [0.2, 0.25) is 0 Å². The highest BCUT2D eigenvalue weighted by molar-refractivity contribution is 9.10. The molecule has 2 rings (SSSR count). The van der Waals surface area contributed by atoms with E-state index in [2.05, 4.69) is 26.1 Å². The second-order valence-corrected chi connectivity index (χ2v) is 5.26. The number of hydrogen-bond acceptors (Lipinski definition) is 5. The van der Waals surface area contributed by atoms with E-state index < -0.39 is 12.1 Å². The van der Waals surface area contributed by atoms with E-state index in [1.807, 2.05) is 12.1 Å². The van der Waals surface area contributed by atoms with Crippen LogP contribution >= 0.6 is 15.9 Å². The monoisotopic (exact) mass is 363 g/mol. The van der Waals surface area contributed by atoms with Crippen molar-refractivity contribution >= 4 is 27.7 Å². The van der Waals surface area contributed by atoms with E-state index in [0.29, 0.717) is 11.3 Å². The summed E-state index contributed by atoms with van der Waals surface area (Å²) in [5.41, 5.74) is 6.27. The van der Waals surface area contributed by atoms with Gasteiger partial charge in [-0.15, -0.1) is 0 Å². The lowest BCUT2D eigenvalue weighted by Crippen LogP contribution is -2.26. The molecule has 114 valence electrons. The van der Waals surface area contributed by atoms with Crippen molar-refractivity contribution in [3.63, 3.8) is 0 Å². The van der Waals surface area contributed by atoms with Gasteiger partial charge in [-0.05, 0) is 43.3 Å². The minimum absolute atomic E-state index is 0.0669. The second kappa shape index (κ2) is 7.56. The normalized spacial score (nSPS) is 12.5. The molecule has 0 amide bonds. The summed E-state index contributed by atoms with van der Waals surface area (Å²) in [6, 6.07) is 10.5. The predicted molar refractivity (Wildman–Crippen MR) is 85.3 cm³/mol. The minimum Gasteiger partial charge on any atom is -0.479 e. The van der Waals surface area contributed by atoms with Crippen LogP contribution in [0.5, 0.6) is 5.75 Å². The Morgan fingerprint density at radius 3 is 2.68 bits per heavy atom. The number of hydrogen-bond donors (Lipinski definition) is 1. The molecule has 1 heterocycles. The van der Waals surface area contributed by atoms with Gasteiger partial charge in [0.25, 0.3) is 0 Å². The number of ether oxygens (including phenoxy) is 1. The van der Waals surface area contributed by atoms with Crippen molar-refractivity contribution in [3.05, 3.63) is 58.8 Å². The summed E-state index contributed by atoms with van der Waals surface area (Å²) >= 11 is 3.32. The zero-order chi connectivity index (χ0) is 15.9. The number of nitrogens with two attached hydrogens (primary N) is 1. The van der Waals surface area contributed by atoms with Gasteiger partial charge >= 0.3 is 5.97 Å². The van der Waals surface area contributed by atoms with Crippen molar-refractivity contribution in [1.82, 2.24) is 4.98 Å². The highest BCUT2D eigenvalue weighted by Gasteiger charge is 2.17. The summed E-state index contributed by atoms with van der Waals surface area (Å²) in [5, 5.41) is 3.59. The van der Waals surface area contributed by atoms with Gasteiger partial charge in [-0.2, -0.15) is 0 Å². The second-order valence-electron chi connectivity index (χ2n) is 4.34. The number of aromatic nitrogens is 1. The van der Waals surface area contributed by atoms with Crippen LogP contribution in [0, 0.1) is 0 Å². The SMILES string of the molecule is CC(Oc1ccc(Br)cc1)C(=O)O/N=C(\N)c1cccnc1. The number of oxime groups is 1. The molecule has 0 aliphatic rings. The summed E-state index contributed by atoms with van der Waals surface area (Å²) in [6.07, 6.45) is 2.32. The Bertz CT molecular complexity index is 659. The molecular formula is C15H14BrN3O3. The first-order valence-corrected chi connectivity index (χ1v) is 7.22. The van der Waals surface area contributed by atoms with Gasteiger partial charge in [0.1, 0.15) is 5.75 Å². The van der Waals surface area contributed by atoms with Crippen molar-refractivity contribution in [3.8, 4) is 5.75 Å². The number of rotatable bonds is 5. The molecule has 0 bridgehead atoms. The van der Waals surface area contributed by atoms with Crippen molar-refractivity contribution in [2.24, 2.45) is 10.9 Å². The summed E-state index contributed by atoms with van der Waals surface area (Å²) < 4.78 is 6.37. The fourth-order valence-electron chi connectivity index (χ4n) is 1.50. The van der Waals surface area contributed by atoms with Gasteiger partial charge in [-0.25, -0.2) is 4.79 Å². The van der Waals surface area contributed by atoms with Crippen LogP contribution in [-0.4, -0.2) is 22.9 Å². The quantitative estimate of drug-likeness (QED) is 0.381. The Morgan fingerprint density at radius 2 is 2.05 bits per heavy atom. The van der Waals surface area contributed by atoms with Crippen LogP contribution in [0.3, 0.4) is 0 Å². The van der Waals surface area contributed by atoms with Crippen LogP contribution in [0.4, 0.5) is 0 Å². The number of halogens is 1. The van der Waals surface area contributed by atoms with Gasteiger partial charge in [0.15, 0.2) is 11.9 Å². The maximum Gasteiger partial charge on any atom is 0.374 e. The third-order valence-corrected chi connectivity index (χ3v) is 3.18. The Hall–Kier alpha value is -2.41. The lowest BCUT2D eigenvalue weighted by molar-refractivity contribution is -0.151. The molecule has 0 saturated carbocycles. The van der Waals surface area contributed by atoms with Gasteiger partial charge in [-0.3, -0.25) is 4.98 Å². The molecule has 1 atom stereocenters. The zero-order valence-electron chi connectivity index (χ0n) is 11.8. The first kappa shape index (κ1) is 16.0. The topological polar surface area (TPSA) is 86.8 Å². The lowest BCUT2D eigenvalue weighted by Gasteiger charge is -2.11. The highest BCUT2D eigenvalue weighted by Crippen LogP contribution is 2.17. The molecule has 1 aromatic carbocycles. The third-order valence-electron chi connectivity index (χ3n) is 2.65. The molecule has 0 spiro atoms. The van der Waals surface area contributed by atoms with Crippen molar-refractivity contribution in [2.75, 3.05) is 0 Å². The molecule has 7 heteroatoms. The summed E-state index contributed by atoms with van der Waals surface area (Å²) in [6.45, 7) is 1.57. The smallest absolute Gasteiger partial charge is 0.374 e. The molecule has 0 saturated heterocycles. The van der Waals surface area contributed by atoms with Crippen molar-refractivity contribution in [2.45, 2.75) is 13.0 Å². The van der Waals surface area contributed by atoms with Crippen LogP contribution < -0.4 is 10.5 Å². The van der Waals surface area contributed by atoms with E-state index in [-0.39, 0.29) is 5.84 Å². The molecule has 6 nitrogen and oxygen atoms in total. The Labute approximate surface area is 136 Å². The number of carbonyl (C=O) groups is 1. The molecular weight excluding hydrogens is 350 g/mol.